The zero-order valence-electron chi connectivity index (χ0n) is 12.7. The summed E-state index contributed by atoms with van der Waals surface area (Å²) >= 11 is 0. The molecule has 3 rings (SSSR count). The largest absolute Gasteiger partial charge is 0.357 e. The second-order valence-corrected chi connectivity index (χ2v) is 5.36. The minimum absolute atomic E-state index is 1.01. The number of aryl methyl sites for hydroxylation is 1. The molecular weight excluding hydrogens is 258 g/mol. The van der Waals surface area contributed by atoms with Gasteiger partial charge in [0.15, 0.2) is 0 Å². The summed E-state index contributed by atoms with van der Waals surface area (Å²) in [5.41, 5.74) is 1.17. The lowest BCUT2D eigenvalue weighted by atomic mass is 10.2. The van der Waals surface area contributed by atoms with Crippen molar-refractivity contribution in [3.63, 3.8) is 0 Å². The van der Waals surface area contributed by atoms with Crippen LogP contribution in [-0.4, -0.2) is 21.5 Å². The van der Waals surface area contributed by atoms with Crippen molar-refractivity contribution in [2.24, 2.45) is 7.05 Å². The van der Waals surface area contributed by atoms with Gasteiger partial charge in [-0.25, -0.2) is 4.98 Å². The highest BCUT2D eigenvalue weighted by atomic mass is 15.1. The van der Waals surface area contributed by atoms with Gasteiger partial charge in [-0.2, -0.15) is 0 Å². The van der Waals surface area contributed by atoms with E-state index in [0.717, 1.165) is 27.0 Å². The number of nitrogens with zero attached hydrogens (tertiary/aromatic N) is 3. The molecule has 106 valence electrons. The van der Waals surface area contributed by atoms with Crippen LogP contribution in [0.5, 0.6) is 0 Å². The molecule has 0 aliphatic carbocycles. The summed E-state index contributed by atoms with van der Waals surface area (Å²) in [7, 11) is 4.08. The van der Waals surface area contributed by atoms with Gasteiger partial charge in [-0.15, -0.1) is 0 Å². The van der Waals surface area contributed by atoms with Crippen molar-refractivity contribution < 1.29 is 0 Å². The molecule has 2 heterocycles. The van der Waals surface area contributed by atoms with Gasteiger partial charge in [-0.1, -0.05) is 30.8 Å². The molecule has 21 heavy (non-hydrogen) atoms. The average Bonchev–Trinajstić information content (AvgIpc) is 2.77. The van der Waals surface area contributed by atoms with Gasteiger partial charge in [0, 0.05) is 37.3 Å². The second-order valence-electron chi connectivity index (χ2n) is 5.36. The van der Waals surface area contributed by atoms with E-state index in [0.29, 0.717) is 0 Å². The van der Waals surface area contributed by atoms with E-state index in [-0.39, 0.29) is 0 Å². The standard InChI is InChI=1S/C18H19N3/c1-13-5-7-15(8-6-13)17-18(21(4)14(2)19-17)16-9-11-20(3)12-10-16/h5-12H,1H2,2-4H3. The van der Waals surface area contributed by atoms with Gasteiger partial charge >= 0.3 is 0 Å². The van der Waals surface area contributed by atoms with Crippen LogP contribution < -0.4 is 10.6 Å². The second kappa shape index (κ2) is 5.09. The topological polar surface area (TPSA) is 21.1 Å². The Kier molecular flexibility index (Phi) is 3.26. The molecule has 1 aliphatic rings. The summed E-state index contributed by atoms with van der Waals surface area (Å²) in [6.07, 6.45) is 8.35. The zero-order chi connectivity index (χ0) is 15.0. The van der Waals surface area contributed by atoms with E-state index < -0.39 is 0 Å². The number of aromatic nitrogens is 2. The third-order valence-corrected chi connectivity index (χ3v) is 3.80. The number of allylic oxidation sites excluding steroid dienone is 2. The van der Waals surface area contributed by atoms with Crippen LogP contribution in [0.2, 0.25) is 0 Å². The first-order chi connectivity index (χ1) is 10.1. The molecule has 0 saturated heterocycles. The molecule has 3 heteroatoms. The average molecular weight is 277 g/mol. The molecule has 0 atom stereocenters. The molecule has 0 N–H and O–H groups in total. The molecule has 0 saturated carbocycles. The van der Waals surface area contributed by atoms with Crippen LogP contribution in [0.3, 0.4) is 0 Å². The Balaban J connectivity index is 2.49. The fraction of sp³-hybridized carbons (Fsp3) is 0.167. The molecule has 0 fully saturated rings. The monoisotopic (exact) mass is 277 g/mol. The normalized spacial score (nSPS) is 14.0. The van der Waals surface area contributed by atoms with Crippen molar-refractivity contribution in [2.75, 3.05) is 7.05 Å². The van der Waals surface area contributed by atoms with Gasteiger partial charge in [0.1, 0.15) is 5.82 Å². The molecule has 2 aromatic rings. The van der Waals surface area contributed by atoms with Gasteiger partial charge in [0.25, 0.3) is 0 Å². The van der Waals surface area contributed by atoms with Crippen molar-refractivity contribution in [3.8, 4) is 0 Å². The molecule has 0 unspecified atom stereocenters. The van der Waals surface area contributed by atoms with Crippen LogP contribution in [0.15, 0.2) is 48.8 Å². The van der Waals surface area contributed by atoms with Crippen molar-refractivity contribution in [2.45, 2.75) is 6.92 Å². The first-order valence-electron chi connectivity index (χ1n) is 6.97. The lowest BCUT2D eigenvalue weighted by Crippen LogP contribution is -2.19. The molecule has 0 bridgehead atoms. The summed E-state index contributed by atoms with van der Waals surface area (Å²) in [6, 6.07) is 8.20. The van der Waals surface area contributed by atoms with Crippen molar-refractivity contribution in [1.29, 1.82) is 0 Å². The number of imidazole rings is 1. The molecule has 1 aromatic heterocycles. The first-order valence-corrected chi connectivity index (χ1v) is 6.97. The van der Waals surface area contributed by atoms with Gasteiger partial charge < -0.3 is 9.47 Å². The minimum atomic E-state index is 1.01. The molecule has 0 spiro atoms. The van der Waals surface area contributed by atoms with Crippen LogP contribution >= 0.6 is 0 Å². The zero-order valence-corrected chi connectivity index (χ0v) is 12.7. The van der Waals surface area contributed by atoms with E-state index in [1.807, 2.05) is 31.0 Å². The quantitative estimate of drug-likeness (QED) is 0.728. The Morgan fingerprint density at radius 1 is 1.00 bits per heavy atom. The SMILES string of the molecule is C=c1ccc(=c2nc(C)n(C)c2=C2C=CN(C)C=C2)cc1. The summed E-state index contributed by atoms with van der Waals surface area (Å²) < 4.78 is 2.14. The molecule has 1 aliphatic heterocycles. The Morgan fingerprint density at radius 3 is 2.24 bits per heavy atom. The number of hydrogen-bond acceptors (Lipinski definition) is 2. The Morgan fingerprint density at radius 2 is 1.62 bits per heavy atom. The van der Waals surface area contributed by atoms with Crippen LogP contribution in [0, 0.1) is 17.5 Å². The fourth-order valence-corrected chi connectivity index (χ4v) is 2.46. The van der Waals surface area contributed by atoms with Crippen molar-refractivity contribution in [1.82, 2.24) is 14.5 Å². The summed E-state index contributed by atoms with van der Waals surface area (Å²) in [5.74, 6) is 1.01. The fourth-order valence-electron chi connectivity index (χ4n) is 2.46. The maximum absolute atomic E-state index is 4.74. The lowest BCUT2D eigenvalue weighted by Gasteiger charge is -2.11. The summed E-state index contributed by atoms with van der Waals surface area (Å²) in [6.45, 7) is 5.97. The van der Waals surface area contributed by atoms with E-state index in [9.17, 15) is 0 Å². The van der Waals surface area contributed by atoms with E-state index in [4.69, 9.17) is 4.98 Å². The Labute approximate surface area is 124 Å². The van der Waals surface area contributed by atoms with Gasteiger partial charge in [0.05, 0.1) is 10.7 Å². The predicted molar refractivity (Wildman–Crippen MR) is 86.3 cm³/mol. The lowest BCUT2D eigenvalue weighted by molar-refractivity contribution is 0.622. The maximum Gasteiger partial charge on any atom is 0.106 e. The van der Waals surface area contributed by atoms with Crippen molar-refractivity contribution in [3.05, 3.63) is 75.8 Å². The van der Waals surface area contributed by atoms with Crippen LogP contribution in [0.1, 0.15) is 5.82 Å². The van der Waals surface area contributed by atoms with Crippen molar-refractivity contribution >= 4 is 12.2 Å². The van der Waals surface area contributed by atoms with Crippen LogP contribution in [0.4, 0.5) is 0 Å². The van der Waals surface area contributed by atoms with Gasteiger partial charge in [0.2, 0.25) is 0 Å². The maximum atomic E-state index is 4.74. The smallest absolute Gasteiger partial charge is 0.106 e. The molecule has 3 nitrogen and oxygen atoms in total. The third-order valence-electron chi connectivity index (χ3n) is 3.80. The van der Waals surface area contributed by atoms with Gasteiger partial charge in [-0.05, 0) is 24.3 Å². The molecular formula is C18H19N3. The third kappa shape index (κ3) is 2.42. The molecule has 0 radical (unpaired) electrons. The van der Waals surface area contributed by atoms with E-state index in [1.165, 1.54) is 5.57 Å². The van der Waals surface area contributed by atoms with Crippen LogP contribution in [0.25, 0.3) is 12.2 Å². The Bertz CT molecular complexity index is 906. The van der Waals surface area contributed by atoms with E-state index >= 15 is 0 Å². The molecule has 1 aromatic carbocycles. The summed E-state index contributed by atoms with van der Waals surface area (Å²) in [4.78, 5) is 6.78. The highest BCUT2D eigenvalue weighted by molar-refractivity contribution is 5.66. The molecule has 0 amide bonds. The van der Waals surface area contributed by atoms with Crippen LogP contribution in [-0.2, 0) is 7.05 Å². The minimum Gasteiger partial charge on any atom is -0.357 e. The number of rotatable bonds is 0. The first kappa shape index (κ1) is 13.4. The highest BCUT2D eigenvalue weighted by Gasteiger charge is 2.05. The van der Waals surface area contributed by atoms with E-state index in [1.54, 1.807) is 0 Å². The number of hydrogen-bond donors (Lipinski definition) is 0. The number of benzene rings is 1. The predicted octanol–water partition coefficient (Wildman–Crippen LogP) is 1.55. The highest BCUT2D eigenvalue weighted by Crippen LogP contribution is 2.07. The summed E-state index contributed by atoms with van der Waals surface area (Å²) in [5, 5.41) is 4.29. The van der Waals surface area contributed by atoms with Gasteiger partial charge in [-0.3, -0.25) is 0 Å². The Hall–Kier alpha value is -2.55. The van der Waals surface area contributed by atoms with E-state index in [2.05, 4.69) is 54.9 Å².